The van der Waals surface area contributed by atoms with Crippen molar-refractivity contribution in [2.75, 3.05) is 20.1 Å². The maximum Gasteiger partial charge on any atom is 0.307 e. The third-order valence-electron chi connectivity index (χ3n) is 6.09. The van der Waals surface area contributed by atoms with E-state index < -0.39 is 0 Å². The van der Waals surface area contributed by atoms with E-state index in [1.165, 1.54) is 12.5 Å². The first-order valence-electron chi connectivity index (χ1n) is 9.86. The number of nitrogens with zero attached hydrogens (tertiary/aromatic N) is 1. The number of likely N-dealkylation sites (tertiary alicyclic amines) is 1. The Morgan fingerprint density at radius 3 is 2.43 bits per heavy atom. The van der Waals surface area contributed by atoms with Gasteiger partial charge in [-0.15, -0.1) is 0 Å². The summed E-state index contributed by atoms with van der Waals surface area (Å²) in [5.41, 5.74) is 2.35. The maximum atomic E-state index is 11.8. The number of quaternary nitrogens is 1. The number of carbonyl (C=O) groups is 1. The Kier molecular flexibility index (Phi) is 4.88. The van der Waals surface area contributed by atoms with Crippen LogP contribution in [0.5, 0.6) is 11.5 Å². The van der Waals surface area contributed by atoms with Gasteiger partial charge in [0.15, 0.2) is 0 Å². The molecule has 0 N–H and O–H groups in total. The van der Waals surface area contributed by atoms with E-state index in [1.807, 2.05) is 30.3 Å². The molecule has 148 valence electrons. The van der Waals surface area contributed by atoms with Gasteiger partial charge in [-0.05, 0) is 24.3 Å². The van der Waals surface area contributed by atoms with E-state index in [2.05, 4.69) is 33.0 Å². The van der Waals surface area contributed by atoms with Crippen LogP contribution in [0.25, 0.3) is 0 Å². The predicted octanol–water partition coefficient (Wildman–Crippen LogP) is 5.32. The summed E-state index contributed by atoms with van der Waals surface area (Å²) in [6.45, 7) is 7.48. The van der Waals surface area contributed by atoms with Crippen molar-refractivity contribution in [3.63, 3.8) is 0 Å². The second kappa shape index (κ2) is 7.09. The molecule has 0 bridgehead atoms. The van der Waals surface area contributed by atoms with Gasteiger partial charge in [0.2, 0.25) is 6.23 Å². The van der Waals surface area contributed by atoms with Crippen LogP contribution in [-0.4, -0.2) is 36.8 Å². The Morgan fingerprint density at radius 1 is 1.11 bits per heavy atom. The summed E-state index contributed by atoms with van der Waals surface area (Å²) in [5, 5.41) is 0.716. The van der Waals surface area contributed by atoms with Crippen LogP contribution in [0.4, 0.5) is 0 Å². The van der Waals surface area contributed by atoms with Crippen LogP contribution in [0.15, 0.2) is 42.5 Å². The lowest BCUT2D eigenvalue weighted by atomic mass is 9.84. The summed E-state index contributed by atoms with van der Waals surface area (Å²) >= 11 is 6.35. The van der Waals surface area contributed by atoms with Gasteiger partial charge in [-0.3, -0.25) is 9.28 Å². The molecule has 0 radical (unpaired) electrons. The quantitative estimate of drug-likeness (QED) is 0.516. The van der Waals surface area contributed by atoms with E-state index in [1.54, 1.807) is 0 Å². The molecule has 4 atom stereocenters. The highest BCUT2D eigenvalue weighted by atomic mass is 35.5. The van der Waals surface area contributed by atoms with E-state index in [9.17, 15) is 4.79 Å². The minimum Gasteiger partial charge on any atom is -0.457 e. The number of fused-ring (bicyclic) bond motifs is 5. The van der Waals surface area contributed by atoms with Crippen molar-refractivity contribution in [2.45, 2.75) is 38.8 Å². The van der Waals surface area contributed by atoms with Crippen LogP contribution in [0.3, 0.4) is 0 Å². The van der Waals surface area contributed by atoms with E-state index >= 15 is 0 Å². The fraction of sp³-hybridized carbons (Fsp3) is 0.435. The molecule has 2 aliphatic rings. The van der Waals surface area contributed by atoms with Crippen molar-refractivity contribution < 1.29 is 18.8 Å². The van der Waals surface area contributed by atoms with E-state index in [0.29, 0.717) is 9.51 Å². The van der Waals surface area contributed by atoms with Gasteiger partial charge in [-0.1, -0.05) is 43.6 Å². The fourth-order valence-electron chi connectivity index (χ4n) is 5.12. The molecule has 1 fully saturated rings. The zero-order chi connectivity index (χ0) is 20.1. The molecule has 2 aromatic carbocycles. The molecule has 2 aliphatic heterocycles. The third kappa shape index (κ3) is 3.29. The number of carbonyl (C=O) groups excluding carboxylic acids is 1. The molecule has 28 heavy (non-hydrogen) atoms. The monoisotopic (exact) mass is 400 g/mol. The lowest BCUT2D eigenvalue weighted by Crippen LogP contribution is -2.55. The number of rotatable bonds is 3. The summed E-state index contributed by atoms with van der Waals surface area (Å²) in [5.74, 6) is 2.29. The van der Waals surface area contributed by atoms with Crippen molar-refractivity contribution in [3.8, 4) is 11.5 Å². The molecular formula is C23H27ClNO3+. The highest BCUT2D eigenvalue weighted by Crippen LogP contribution is 2.52. The fourth-order valence-corrected chi connectivity index (χ4v) is 5.30. The molecule has 0 aromatic heterocycles. The average molecular weight is 401 g/mol. The molecule has 0 saturated carbocycles. The first kappa shape index (κ1) is 19.3. The molecule has 0 spiro atoms. The Morgan fingerprint density at radius 2 is 1.75 bits per heavy atom. The summed E-state index contributed by atoms with van der Waals surface area (Å²) in [4.78, 5) is 11.8. The van der Waals surface area contributed by atoms with Crippen molar-refractivity contribution in [3.05, 3.63) is 58.6 Å². The molecule has 2 aromatic rings. The standard InChI is InChI=1S/C23H27ClNO3/c1-14(2)23(27-15(3)26)25(4)12-19-17-7-5-6-8-21(17)28-22-10-9-16(24)11-18(22)20(19)13-25/h5-11,14,19-20,23H,12-13H2,1-4H3/q+1. The maximum absolute atomic E-state index is 11.8. The Balaban J connectivity index is 1.82. The van der Waals surface area contributed by atoms with Crippen LogP contribution in [0, 0.1) is 5.92 Å². The topological polar surface area (TPSA) is 35.5 Å². The summed E-state index contributed by atoms with van der Waals surface area (Å²) in [6.07, 6.45) is -0.180. The van der Waals surface area contributed by atoms with Gasteiger partial charge in [0.1, 0.15) is 11.5 Å². The Labute approximate surface area is 171 Å². The van der Waals surface area contributed by atoms with Crippen molar-refractivity contribution in [1.29, 1.82) is 0 Å². The SMILES string of the molecule is CC(=O)OC(C(C)C)[N+]1(C)CC2c3ccccc3Oc3ccc(Cl)cc3C2C1. The van der Waals surface area contributed by atoms with Gasteiger partial charge in [-0.2, -0.15) is 0 Å². The molecule has 4 nitrogen and oxygen atoms in total. The first-order valence-corrected chi connectivity index (χ1v) is 10.2. The second-order valence-electron chi connectivity index (χ2n) is 8.62. The molecule has 2 heterocycles. The van der Waals surface area contributed by atoms with Gasteiger partial charge in [0.05, 0.1) is 20.1 Å². The zero-order valence-electron chi connectivity index (χ0n) is 16.8. The number of halogens is 1. The molecule has 5 heteroatoms. The Hall–Kier alpha value is -2.04. The lowest BCUT2D eigenvalue weighted by molar-refractivity contribution is -0.946. The highest BCUT2D eigenvalue weighted by Gasteiger charge is 2.52. The number of likely N-dealkylation sites (N-methyl/N-ethyl adjacent to an activating group) is 1. The lowest BCUT2D eigenvalue weighted by Gasteiger charge is -2.39. The molecule has 4 unspecified atom stereocenters. The van der Waals surface area contributed by atoms with Gasteiger partial charge in [0, 0.05) is 40.8 Å². The van der Waals surface area contributed by atoms with Gasteiger partial charge in [0.25, 0.3) is 0 Å². The summed E-state index contributed by atoms with van der Waals surface area (Å²) < 4.78 is 12.8. The number of para-hydroxylation sites is 1. The Bertz CT molecular complexity index is 912. The van der Waals surface area contributed by atoms with E-state index in [4.69, 9.17) is 21.1 Å². The number of benzene rings is 2. The zero-order valence-corrected chi connectivity index (χ0v) is 17.6. The van der Waals surface area contributed by atoms with Crippen molar-refractivity contribution in [1.82, 2.24) is 0 Å². The highest BCUT2D eigenvalue weighted by molar-refractivity contribution is 6.30. The molecular weight excluding hydrogens is 374 g/mol. The van der Waals surface area contributed by atoms with Crippen LogP contribution in [0.1, 0.15) is 43.7 Å². The number of hydrogen-bond acceptors (Lipinski definition) is 3. The number of hydrogen-bond donors (Lipinski definition) is 0. The third-order valence-corrected chi connectivity index (χ3v) is 6.33. The van der Waals surface area contributed by atoms with Gasteiger partial charge >= 0.3 is 5.97 Å². The van der Waals surface area contributed by atoms with Crippen molar-refractivity contribution in [2.24, 2.45) is 5.92 Å². The molecule has 0 amide bonds. The van der Waals surface area contributed by atoms with Gasteiger partial charge < -0.3 is 9.47 Å². The smallest absolute Gasteiger partial charge is 0.307 e. The first-order chi connectivity index (χ1) is 13.3. The van der Waals surface area contributed by atoms with Crippen LogP contribution >= 0.6 is 11.6 Å². The van der Waals surface area contributed by atoms with Crippen LogP contribution in [0.2, 0.25) is 5.02 Å². The van der Waals surface area contributed by atoms with Crippen LogP contribution in [-0.2, 0) is 9.53 Å². The normalized spacial score (nSPS) is 26.5. The van der Waals surface area contributed by atoms with Gasteiger partial charge in [-0.25, -0.2) is 0 Å². The second-order valence-corrected chi connectivity index (χ2v) is 9.06. The largest absolute Gasteiger partial charge is 0.457 e. The number of ether oxygens (including phenoxy) is 2. The van der Waals surface area contributed by atoms with E-state index in [-0.39, 0.29) is 30.0 Å². The minimum atomic E-state index is -0.225. The molecule has 0 aliphatic carbocycles. The van der Waals surface area contributed by atoms with E-state index in [0.717, 1.165) is 30.2 Å². The summed E-state index contributed by atoms with van der Waals surface area (Å²) in [6, 6.07) is 14.1. The number of esters is 1. The predicted molar refractivity (Wildman–Crippen MR) is 110 cm³/mol. The molecule has 4 rings (SSSR count). The van der Waals surface area contributed by atoms with Crippen molar-refractivity contribution >= 4 is 17.6 Å². The summed E-state index contributed by atoms with van der Waals surface area (Å²) in [7, 11) is 2.20. The van der Waals surface area contributed by atoms with Crippen LogP contribution < -0.4 is 4.74 Å². The average Bonchev–Trinajstić information content (AvgIpc) is 2.94. The minimum absolute atomic E-state index is 0.180. The molecule has 1 saturated heterocycles.